The number of rotatable bonds is 3. The number of nitrogens with one attached hydrogen (secondary N) is 1. The Morgan fingerprint density at radius 1 is 1.26 bits per heavy atom. The summed E-state index contributed by atoms with van der Waals surface area (Å²) in [5.74, 6) is -0.864. The van der Waals surface area contributed by atoms with Gasteiger partial charge in [0.05, 0.1) is 5.56 Å². The van der Waals surface area contributed by atoms with Crippen LogP contribution in [0.4, 0.5) is 5.00 Å². The number of nitrogens with two attached hydrogens (primary N) is 1. The molecule has 0 bridgehead atoms. The van der Waals surface area contributed by atoms with E-state index in [1.165, 1.54) is 11.3 Å². The third-order valence-electron chi connectivity index (χ3n) is 2.45. The molecule has 0 saturated carbocycles. The number of hydrogen-bond acceptors (Lipinski definition) is 3. The van der Waals surface area contributed by atoms with Gasteiger partial charge in [-0.1, -0.05) is 11.6 Å². The van der Waals surface area contributed by atoms with E-state index in [1.807, 2.05) is 6.92 Å². The predicted molar refractivity (Wildman–Crippen MR) is 77.0 cm³/mol. The van der Waals surface area contributed by atoms with Gasteiger partial charge in [0, 0.05) is 15.5 Å². The first-order chi connectivity index (χ1) is 8.97. The molecule has 1 heterocycles. The Morgan fingerprint density at radius 3 is 2.47 bits per heavy atom. The molecule has 0 aliphatic heterocycles. The highest BCUT2D eigenvalue weighted by molar-refractivity contribution is 7.16. The Bertz CT molecular complexity index is 635. The Morgan fingerprint density at radius 2 is 1.89 bits per heavy atom. The van der Waals surface area contributed by atoms with E-state index in [2.05, 4.69) is 5.32 Å². The number of carbonyl (C=O) groups excluding carboxylic acids is 2. The van der Waals surface area contributed by atoms with Gasteiger partial charge in [0.15, 0.2) is 0 Å². The summed E-state index contributed by atoms with van der Waals surface area (Å²) in [5.41, 5.74) is 6.05. The molecule has 0 unspecified atom stereocenters. The van der Waals surface area contributed by atoms with Crippen LogP contribution in [0, 0.1) is 6.92 Å². The molecule has 1 aromatic heterocycles. The van der Waals surface area contributed by atoms with Crippen molar-refractivity contribution < 1.29 is 9.59 Å². The average molecular weight is 295 g/mol. The number of hydrogen-bond donors (Lipinski definition) is 2. The van der Waals surface area contributed by atoms with Crippen molar-refractivity contribution in [3.63, 3.8) is 0 Å². The van der Waals surface area contributed by atoms with Crippen molar-refractivity contribution in [2.75, 3.05) is 5.32 Å². The van der Waals surface area contributed by atoms with Crippen molar-refractivity contribution in [3.05, 3.63) is 51.4 Å². The van der Waals surface area contributed by atoms with E-state index < -0.39 is 5.91 Å². The first-order valence-corrected chi connectivity index (χ1v) is 6.64. The van der Waals surface area contributed by atoms with Gasteiger partial charge >= 0.3 is 0 Å². The van der Waals surface area contributed by atoms with E-state index in [0.717, 1.165) is 4.88 Å². The summed E-state index contributed by atoms with van der Waals surface area (Å²) in [6.07, 6.45) is 0. The van der Waals surface area contributed by atoms with Gasteiger partial charge < -0.3 is 11.1 Å². The van der Waals surface area contributed by atoms with Crippen LogP contribution >= 0.6 is 22.9 Å². The summed E-state index contributed by atoms with van der Waals surface area (Å²) in [6, 6.07) is 8.14. The number of carbonyl (C=O) groups is 2. The van der Waals surface area contributed by atoms with Crippen LogP contribution in [0.15, 0.2) is 30.3 Å². The van der Waals surface area contributed by atoms with Crippen LogP contribution in [0.25, 0.3) is 0 Å². The molecule has 4 nitrogen and oxygen atoms in total. The minimum atomic E-state index is -0.559. The second-order valence-corrected chi connectivity index (χ2v) is 5.62. The zero-order valence-corrected chi connectivity index (χ0v) is 11.6. The molecule has 6 heteroatoms. The Balaban J connectivity index is 2.24. The first-order valence-electron chi connectivity index (χ1n) is 5.44. The maximum Gasteiger partial charge on any atom is 0.256 e. The van der Waals surface area contributed by atoms with Gasteiger partial charge in [-0.15, -0.1) is 11.3 Å². The zero-order chi connectivity index (χ0) is 14.0. The average Bonchev–Trinajstić information content (AvgIpc) is 2.71. The first kappa shape index (κ1) is 13.6. The fourth-order valence-corrected chi connectivity index (χ4v) is 2.60. The van der Waals surface area contributed by atoms with Gasteiger partial charge in [0.1, 0.15) is 5.00 Å². The highest BCUT2D eigenvalue weighted by atomic mass is 35.5. The highest BCUT2D eigenvalue weighted by Crippen LogP contribution is 2.27. The van der Waals surface area contributed by atoms with Gasteiger partial charge in [-0.25, -0.2) is 0 Å². The standard InChI is InChI=1S/C13H11ClN2O2S/c1-7-6-10(11(15)17)13(19-7)16-12(18)8-2-4-9(14)5-3-8/h2-6H,1H3,(H2,15,17)(H,16,18). The Labute approximate surface area is 119 Å². The fourth-order valence-electron chi connectivity index (χ4n) is 1.57. The summed E-state index contributed by atoms with van der Waals surface area (Å²) in [6.45, 7) is 1.84. The van der Waals surface area contributed by atoms with Crippen molar-refractivity contribution in [3.8, 4) is 0 Å². The molecule has 0 fully saturated rings. The normalized spacial score (nSPS) is 10.2. The maximum absolute atomic E-state index is 12.0. The SMILES string of the molecule is Cc1cc(C(N)=O)c(NC(=O)c2ccc(Cl)cc2)s1. The predicted octanol–water partition coefficient (Wildman–Crippen LogP) is 3.06. The molecule has 19 heavy (non-hydrogen) atoms. The minimum absolute atomic E-state index is 0.305. The van der Waals surface area contributed by atoms with Crippen LogP contribution < -0.4 is 11.1 Å². The summed E-state index contributed by atoms with van der Waals surface area (Å²) in [7, 11) is 0. The van der Waals surface area contributed by atoms with E-state index in [1.54, 1.807) is 30.3 Å². The summed E-state index contributed by atoms with van der Waals surface area (Å²) >= 11 is 7.07. The van der Waals surface area contributed by atoms with Gasteiger partial charge in [-0.2, -0.15) is 0 Å². The van der Waals surface area contributed by atoms with Crippen LogP contribution in [-0.2, 0) is 0 Å². The van der Waals surface area contributed by atoms with Gasteiger partial charge in [0.2, 0.25) is 0 Å². The van der Waals surface area contributed by atoms with Crippen molar-refractivity contribution in [2.24, 2.45) is 5.73 Å². The van der Waals surface area contributed by atoms with Gasteiger partial charge in [0.25, 0.3) is 11.8 Å². The lowest BCUT2D eigenvalue weighted by molar-refractivity contribution is 0.100. The lowest BCUT2D eigenvalue weighted by Gasteiger charge is -2.04. The molecule has 0 spiro atoms. The Kier molecular flexibility index (Phi) is 3.87. The topological polar surface area (TPSA) is 72.2 Å². The van der Waals surface area contributed by atoms with Crippen LogP contribution in [0.2, 0.25) is 5.02 Å². The largest absolute Gasteiger partial charge is 0.366 e. The van der Waals surface area contributed by atoms with E-state index in [-0.39, 0.29) is 5.91 Å². The van der Waals surface area contributed by atoms with Crippen LogP contribution in [0.5, 0.6) is 0 Å². The van der Waals surface area contributed by atoms with Gasteiger partial charge in [-0.3, -0.25) is 9.59 Å². The highest BCUT2D eigenvalue weighted by Gasteiger charge is 2.15. The molecule has 98 valence electrons. The summed E-state index contributed by atoms with van der Waals surface area (Å²) < 4.78 is 0. The van der Waals surface area contributed by atoms with Crippen molar-refractivity contribution in [1.29, 1.82) is 0 Å². The fraction of sp³-hybridized carbons (Fsp3) is 0.0769. The number of halogens is 1. The molecule has 3 N–H and O–H groups in total. The Hall–Kier alpha value is -1.85. The van der Waals surface area contributed by atoms with Crippen LogP contribution in [-0.4, -0.2) is 11.8 Å². The summed E-state index contributed by atoms with van der Waals surface area (Å²) in [5, 5.41) is 3.70. The second kappa shape index (κ2) is 5.42. The second-order valence-electron chi connectivity index (χ2n) is 3.93. The van der Waals surface area contributed by atoms with Crippen LogP contribution in [0.1, 0.15) is 25.6 Å². The monoisotopic (exact) mass is 294 g/mol. The van der Waals surface area contributed by atoms with Crippen molar-refractivity contribution in [2.45, 2.75) is 6.92 Å². The molecule has 0 atom stereocenters. The van der Waals surface area contributed by atoms with Crippen molar-refractivity contribution in [1.82, 2.24) is 0 Å². The lowest BCUT2D eigenvalue weighted by Crippen LogP contribution is -2.16. The van der Waals surface area contributed by atoms with E-state index in [4.69, 9.17) is 17.3 Å². The lowest BCUT2D eigenvalue weighted by atomic mass is 10.2. The third kappa shape index (κ3) is 3.13. The molecule has 2 amide bonds. The molecule has 0 radical (unpaired) electrons. The van der Waals surface area contributed by atoms with E-state index >= 15 is 0 Å². The number of thiophene rings is 1. The number of primary amides is 1. The minimum Gasteiger partial charge on any atom is -0.366 e. The molecule has 0 saturated heterocycles. The molecule has 2 rings (SSSR count). The van der Waals surface area contributed by atoms with E-state index in [9.17, 15) is 9.59 Å². The number of amides is 2. The number of benzene rings is 1. The molecule has 1 aromatic carbocycles. The molecule has 2 aromatic rings. The van der Waals surface area contributed by atoms with E-state index in [0.29, 0.717) is 21.2 Å². The number of aryl methyl sites for hydroxylation is 1. The molecular weight excluding hydrogens is 284 g/mol. The summed E-state index contributed by atoms with van der Waals surface area (Å²) in [4.78, 5) is 24.2. The van der Waals surface area contributed by atoms with Crippen LogP contribution in [0.3, 0.4) is 0 Å². The van der Waals surface area contributed by atoms with Crippen molar-refractivity contribution >= 4 is 39.8 Å². The smallest absolute Gasteiger partial charge is 0.256 e. The van der Waals surface area contributed by atoms with Gasteiger partial charge in [-0.05, 0) is 37.3 Å². The molecular formula is C13H11ClN2O2S. The molecule has 0 aliphatic carbocycles. The zero-order valence-electron chi connectivity index (χ0n) is 10.1. The number of anilines is 1. The maximum atomic E-state index is 12.0. The quantitative estimate of drug-likeness (QED) is 0.913. The molecule has 0 aliphatic rings. The third-order valence-corrected chi connectivity index (χ3v) is 3.67.